The van der Waals surface area contributed by atoms with E-state index in [1.165, 1.54) is 0 Å². The van der Waals surface area contributed by atoms with E-state index in [4.69, 9.17) is 33.3 Å². The van der Waals surface area contributed by atoms with Crippen LogP contribution in [0.5, 0.6) is 0 Å². The molecule has 0 unspecified atom stereocenters. The lowest BCUT2D eigenvalue weighted by atomic mass is 10.1. The average Bonchev–Trinajstić information content (AvgIpc) is 3.31. The number of nitrogens with zero attached hydrogens (tertiary/aromatic N) is 4. The SMILES string of the molecule is Cc1nn(-c2nc(-c3ccc(Cl)c(Cl)c3)c(SC(C)C)s2)cc1-c1cc(C)c(=O)n(C)c1. The normalized spacial score (nSPS) is 11.5. The van der Waals surface area contributed by atoms with Gasteiger partial charge in [-0.3, -0.25) is 4.79 Å². The van der Waals surface area contributed by atoms with E-state index in [-0.39, 0.29) is 5.56 Å². The summed E-state index contributed by atoms with van der Waals surface area (Å²) in [5.41, 5.74) is 5.27. The van der Waals surface area contributed by atoms with Crippen LogP contribution < -0.4 is 5.56 Å². The molecule has 3 heterocycles. The molecule has 0 saturated carbocycles. The molecule has 0 atom stereocenters. The molecule has 0 aliphatic rings. The Kier molecular flexibility index (Phi) is 6.54. The second-order valence-electron chi connectivity index (χ2n) is 7.83. The Morgan fingerprint density at radius 3 is 2.47 bits per heavy atom. The molecule has 0 saturated heterocycles. The monoisotopic (exact) mass is 504 g/mol. The van der Waals surface area contributed by atoms with E-state index in [9.17, 15) is 4.79 Å². The Morgan fingerprint density at radius 2 is 1.81 bits per heavy atom. The van der Waals surface area contributed by atoms with Gasteiger partial charge in [-0.1, -0.05) is 54.5 Å². The molecule has 0 amide bonds. The summed E-state index contributed by atoms with van der Waals surface area (Å²) in [6.45, 7) is 8.09. The minimum Gasteiger partial charge on any atom is -0.318 e. The first-order valence-corrected chi connectivity index (χ1v) is 12.5. The van der Waals surface area contributed by atoms with Gasteiger partial charge in [0.25, 0.3) is 5.56 Å². The van der Waals surface area contributed by atoms with Crippen molar-refractivity contribution in [2.45, 2.75) is 37.2 Å². The van der Waals surface area contributed by atoms with Crippen molar-refractivity contribution >= 4 is 46.3 Å². The Labute approximate surface area is 205 Å². The summed E-state index contributed by atoms with van der Waals surface area (Å²) < 4.78 is 4.51. The minimum atomic E-state index is 0.000313. The van der Waals surface area contributed by atoms with Gasteiger partial charge in [-0.15, -0.1) is 11.8 Å². The number of thiazole rings is 1. The van der Waals surface area contributed by atoms with Gasteiger partial charge >= 0.3 is 0 Å². The second-order valence-corrected chi connectivity index (χ2v) is 11.5. The summed E-state index contributed by atoms with van der Waals surface area (Å²) in [5.74, 6) is 0. The number of rotatable bonds is 5. The van der Waals surface area contributed by atoms with Crippen molar-refractivity contribution in [1.82, 2.24) is 19.3 Å². The van der Waals surface area contributed by atoms with E-state index in [1.54, 1.807) is 45.5 Å². The Balaban J connectivity index is 1.81. The maximum Gasteiger partial charge on any atom is 0.253 e. The van der Waals surface area contributed by atoms with E-state index in [1.807, 2.05) is 44.4 Å². The molecule has 4 rings (SSSR count). The third kappa shape index (κ3) is 4.53. The van der Waals surface area contributed by atoms with Crippen LogP contribution in [0, 0.1) is 13.8 Å². The largest absolute Gasteiger partial charge is 0.318 e. The molecule has 0 radical (unpaired) electrons. The summed E-state index contributed by atoms with van der Waals surface area (Å²) in [4.78, 5) is 17.0. The molecular formula is C23H22Cl2N4OS2. The number of benzene rings is 1. The van der Waals surface area contributed by atoms with Crippen molar-refractivity contribution in [3.63, 3.8) is 0 Å². The molecule has 0 bridgehead atoms. The predicted molar refractivity (Wildman–Crippen MR) is 136 cm³/mol. The van der Waals surface area contributed by atoms with Crippen LogP contribution in [0.3, 0.4) is 0 Å². The van der Waals surface area contributed by atoms with Gasteiger partial charge in [0.1, 0.15) is 0 Å². The highest BCUT2D eigenvalue weighted by Gasteiger charge is 2.19. The molecule has 0 aliphatic heterocycles. The fraction of sp³-hybridized carbons (Fsp3) is 0.261. The lowest BCUT2D eigenvalue weighted by molar-refractivity contribution is 0.850. The van der Waals surface area contributed by atoms with Gasteiger partial charge < -0.3 is 4.57 Å². The van der Waals surface area contributed by atoms with Crippen LogP contribution in [-0.2, 0) is 7.05 Å². The number of aromatic nitrogens is 4. The van der Waals surface area contributed by atoms with E-state index in [0.29, 0.717) is 20.9 Å². The number of halogens is 2. The van der Waals surface area contributed by atoms with Gasteiger partial charge in [-0.2, -0.15) is 5.10 Å². The zero-order chi connectivity index (χ0) is 23.2. The third-order valence-electron chi connectivity index (χ3n) is 4.89. The number of hydrogen-bond acceptors (Lipinski definition) is 5. The second kappa shape index (κ2) is 9.06. The van der Waals surface area contributed by atoms with Crippen molar-refractivity contribution in [1.29, 1.82) is 0 Å². The summed E-state index contributed by atoms with van der Waals surface area (Å²) in [6, 6.07) is 7.48. The maximum absolute atomic E-state index is 12.1. The Morgan fingerprint density at radius 1 is 1.06 bits per heavy atom. The number of thioether (sulfide) groups is 1. The van der Waals surface area contributed by atoms with Gasteiger partial charge in [0.2, 0.25) is 5.13 Å². The molecule has 1 aromatic carbocycles. The van der Waals surface area contributed by atoms with Crippen molar-refractivity contribution in [2.24, 2.45) is 7.05 Å². The third-order valence-corrected chi connectivity index (χ3v) is 7.89. The fourth-order valence-corrected chi connectivity index (χ4v) is 6.12. The van der Waals surface area contributed by atoms with Gasteiger partial charge in [0.15, 0.2) is 0 Å². The van der Waals surface area contributed by atoms with Gasteiger partial charge in [0, 0.05) is 46.9 Å². The quantitative estimate of drug-likeness (QED) is 0.281. The molecular weight excluding hydrogens is 483 g/mol. The summed E-state index contributed by atoms with van der Waals surface area (Å²) in [7, 11) is 1.76. The van der Waals surface area contributed by atoms with Crippen molar-refractivity contribution < 1.29 is 0 Å². The summed E-state index contributed by atoms with van der Waals surface area (Å²) >= 11 is 15.7. The van der Waals surface area contributed by atoms with Crippen LogP contribution in [0.25, 0.3) is 27.5 Å². The predicted octanol–water partition coefficient (Wildman–Crippen LogP) is 6.79. The first kappa shape index (κ1) is 23.1. The van der Waals surface area contributed by atoms with Crippen molar-refractivity contribution in [3.8, 4) is 27.5 Å². The fourth-order valence-electron chi connectivity index (χ4n) is 3.38. The molecule has 0 aliphatic carbocycles. The van der Waals surface area contributed by atoms with Crippen LogP contribution in [0.2, 0.25) is 10.0 Å². The van der Waals surface area contributed by atoms with E-state index < -0.39 is 0 Å². The molecule has 0 spiro atoms. The molecule has 3 aromatic heterocycles. The average molecular weight is 505 g/mol. The number of pyridine rings is 1. The number of aryl methyl sites for hydroxylation is 3. The Bertz CT molecular complexity index is 1340. The van der Waals surface area contributed by atoms with Crippen LogP contribution in [0.1, 0.15) is 25.1 Å². The van der Waals surface area contributed by atoms with Gasteiger partial charge in [-0.05, 0) is 32.0 Å². The van der Waals surface area contributed by atoms with Crippen molar-refractivity contribution in [2.75, 3.05) is 0 Å². The first-order valence-electron chi connectivity index (χ1n) is 10.0. The molecule has 166 valence electrons. The maximum atomic E-state index is 12.1. The highest BCUT2D eigenvalue weighted by molar-refractivity contribution is 8.01. The van der Waals surface area contributed by atoms with Gasteiger partial charge in [0.05, 0.1) is 25.6 Å². The molecule has 0 fully saturated rings. The van der Waals surface area contributed by atoms with E-state index in [0.717, 1.165) is 37.4 Å². The van der Waals surface area contributed by atoms with Crippen LogP contribution in [0.15, 0.2) is 45.7 Å². The number of hydrogen-bond donors (Lipinski definition) is 0. The van der Waals surface area contributed by atoms with Crippen LogP contribution in [0.4, 0.5) is 0 Å². The van der Waals surface area contributed by atoms with Crippen molar-refractivity contribution in [3.05, 3.63) is 68.3 Å². The molecule has 0 N–H and O–H groups in total. The zero-order valence-electron chi connectivity index (χ0n) is 18.3. The first-order chi connectivity index (χ1) is 15.1. The van der Waals surface area contributed by atoms with E-state index in [2.05, 4.69) is 13.8 Å². The topological polar surface area (TPSA) is 52.7 Å². The van der Waals surface area contributed by atoms with E-state index >= 15 is 0 Å². The molecule has 4 aromatic rings. The molecule has 32 heavy (non-hydrogen) atoms. The molecule has 5 nitrogen and oxygen atoms in total. The van der Waals surface area contributed by atoms with Crippen LogP contribution in [-0.4, -0.2) is 24.6 Å². The minimum absolute atomic E-state index is 0.000313. The van der Waals surface area contributed by atoms with Crippen LogP contribution >= 0.6 is 46.3 Å². The highest BCUT2D eigenvalue weighted by atomic mass is 35.5. The van der Waals surface area contributed by atoms with Gasteiger partial charge in [-0.25, -0.2) is 9.67 Å². The lowest BCUT2D eigenvalue weighted by Gasteiger charge is -2.05. The molecule has 9 heteroatoms. The Hall–Kier alpha value is -2.06. The zero-order valence-corrected chi connectivity index (χ0v) is 21.5. The lowest BCUT2D eigenvalue weighted by Crippen LogP contribution is -2.18. The summed E-state index contributed by atoms with van der Waals surface area (Å²) in [5, 5.41) is 6.90. The summed E-state index contributed by atoms with van der Waals surface area (Å²) in [6.07, 6.45) is 3.81. The smallest absolute Gasteiger partial charge is 0.253 e. The standard InChI is InChI=1S/C23H22Cl2N4OS2/c1-12(2)31-22-20(15-6-7-18(24)19(25)9-15)26-23(32-22)29-11-17(14(4)27-29)16-8-13(3)21(30)28(5)10-16/h6-12H,1-5H3. The highest BCUT2D eigenvalue weighted by Crippen LogP contribution is 2.41.